The van der Waals surface area contributed by atoms with Gasteiger partial charge in [-0.1, -0.05) is 13.8 Å². The molecule has 1 amide bonds. The van der Waals surface area contributed by atoms with E-state index in [2.05, 4.69) is 15.9 Å². The summed E-state index contributed by atoms with van der Waals surface area (Å²) in [5.74, 6) is -0.601. The average molecular weight is 316 g/mol. The van der Waals surface area contributed by atoms with Crippen molar-refractivity contribution in [2.24, 2.45) is 5.92 Å². The highest BCUT2D eigenvalue weighted by atomic mass is 79.9. The van der Waals surface area contributed by atoms with E-state index in [0.717, 1.165) is 0 Å². The Morgan fingerprint density at radius 2 is 2.11 bits per heavy atom. The van der Waals surface area contributed by atoms with Crippen molar-refractivity contribution in [3.8, 4) is 0 Å². The first-order valence-corrected chi connectivity index (χ1v) is 6.59. The molecule has 1 saturated heterocycles. The highest BCUT2D eigenvalue weighted by Crippen LogP contribution is 2.30. The fourth-order valence-electron chi connectivity index (χ4n) is 1.94. The number of likely N-dealkylation sites (tertiary alicyclic amines) is 1. The fourth-order valence-corrected chi connectivity index (χ4v) is 2.18. The van der Waals surface area contributed by atoms with Gasteiger partial charge in [-0.25, -0.2) is 4.39 Å². The third kappa shape index (κ3) is 2.29. The summed E-state index contributed by atoms with van der Waals surface area (Å²) in [7, 11) is 0. The van der Waals surface area contributed by atoms with Gasteiger partial charge in [0.1, 0.15) is 11.4 Å². The molecule has 0 saturated carbocycles. The fraction of sp³-hybridized carbons (Fsp3) is 0.462. The number of aliphatic hydroxyl groups is 1. The second-order valence-corrected chi connectivity index (χ2v) is 5.90. The maximum absolute atomic E-state index is 13.3. The largest absolute Gasteiger partial charge is 0.386 e. The second-order valence-electron chi connectivity index (χ2n) is 5.05. The molecular weight excluding hydrogens is 301 g/mol. The molecule has 0 aromatic heterocycles. The van der Waals surface area contributed by atoms with Crippen LogP contribution in [-0.4, -0.2) is 34.6 Å². The van der Waals surface area contributed by atoms with Gasteiger partial charge in [0.15, 0.2) is 0 Å². The van der Waals surface area contributed by atoms with E-state index >= 15 is 0 Å². The number of hydrogen-bond acceptors (Lipinski definition) is 2. The Balaban J connectivity index is 2.08. The van der Waals surface area contributed by atoms with Gasteiger partial charge in [-0.3, -0.25) is 4.79 Å². The monoisotopic (exact) mass is 315 g/mol. The molecule has 5 heteroatoms. The number of halogens is 2. The van der Waals surface area contributed by atoms with Crippen LogP contribution in [0.4, 0.5) is 4.39 Å². The van der Waals surface area contributed by atoms with Gasteiger partial charge in [-0.15, -0.1) is 0 Å². The molecule has 0 spiro atoms. The predicted molar refractivity (Wildman–Crippen MR) is 69.8 cm³/mol. The van der Waals surface area contributed by atoms with E-state index in [-0.39, 0.29) is 11.8 Å². The summed E-state index contributed by atoms with van der Waals surface area (Å²) < 4.78 is 13.7. The van der Waals surface area contributed by atoms with Gasteiger partial charge in [0.25, 0.3) is 5.91 Å². The van der Waals surface area contributed by atoms with Crippen molar-refractivity contribution in [1.29, 1.82) is 0 Å². The van der Waals surface area contributed by atoms with E-state index in [1.165, 1.54) is 17.0 Å². The Morgan fingerprint density at radius 3 is 2.61 bits per heavy atom. The lowest BCUT2D eigenvalue weighted by Crippen LogP contribution is -2.65. The van der Waals surface area contributed by atoms with Crippen LogP contribution in [0.15, 0.2) is 22.7 Å². The molecule has 1 heterocycles. The Hall–Kier alpha value is -0.940. The summed E-state index contributed by atoms with van der Waals surface area (Å²) in [6.45, 7) is 4.45. The molecule has 0 unspecified atom stereocenters. The van der Waals surface area contributed by atoms with E-state index in [1.807, 2.05) is 13.8 Å². The minimum absolute atomic E-state index is 0.100. The Morgan fingerprint density at radius 1 is 1.50 bits per heavy atom. The standard InChI is InChI=1S/C13H15BrFNO2/c1-8(2)13(18)6-16(7-13)12(17)9-3-4-10(14)11(15)5-9/h3-5,8,18H,6-7H2,1-2H3. The van der Waals surface area contributed by atoms with Crippen LogP contribution in [0.5, 0.6) is 0 Å². The maximum atomic E-state index is 13.3. The van der Waals surface area contributed by atoms with E-state index in [0.29, 0.717) is 23.1 Å². The van der Waals surface area contributed by atoms with Crippen LogP contribution in [0.1, 0.15) is 24.2 Å². The number of hydrogen-bond donors (Lipinski definition) is 1. The molecule has 1 N–H and O–H groups in total. The summed E-state index contributed by atoms with van der Waals surface area (Å²) in [6.07, 6.45) is 0. The van der Waals surface area contributed by atoms with Gasteiger partial charge in [0.2, 0.25) is 0 Å². The third-order valence-electron chi connectivity index (χ3n) is 3.46. The highest BCUT2D eigenvalue weighted by molar-refractivity contribution is 9.10. The quantitative estimate of drug-likeness (QED) is 0.910. The molecule has 1 aromatic rings. The van der Waals surface area contributed by atoms with Crippen LogP contribution < -0.4 is 0 Å². The first kappa shape index (κ1) is 13.5. The van der Waals surface area contributed by atoms with E-state index in [4.69, 9.17) is 0 Å². The number of carbonyl (C=O) groups is 1. The molecule has 2 rings (SSSR count). The molecule has 0 aliphatic carbocycles. The lowest BCUT2D eigenvalue weighted by molar-refractivity contribution is -0.110. The number of β-amino-alcohol motifs (C(OH)–C–C–N with tert-alkyl or cyclic N) is 1. The van der Waals surface area contributed by atoms with Crippen molar-refractivity contribution >= 4 is 21.8 Å². The van der Waals surface area contributed by atoms with Crippen LogP contribution in [-0.2, 0) is 0 Å². The Labute approximate surface area is 114 Å². The molecule has 3 nitrogen and oxygen atoms in total. The number of amides is 1. The zero-order valence-corrected chi connectivity index (χ0v) is 11.9. The van der Waals surface area contributed by atoms with E-state index < -0.39 is 11.4 Å². The van der Waals surface area contributed by atoms with Crippen LogP contribution in [0.3, 0.4) is 0 Å². The SMILES string of the molecule is CC(C)C1(O)CN(C(=O)c2ccc(Br)c(F)c2)C1. The van der Waals surface area contributed by atoms with Gasteiger partial charge in [0, 0.05) is 5.56 Å². The third-order valence-corrected chi connectivity index (χ3v) is 4.10. The Bertz CT molecular complexity index is 484. The van der Waals surface area contributed by atoms with Gasteiger partial charge < -0.3 is 10.0 Å². The summed E-state index contributed by atoms with van der Waals surface area (Å²) in [5, 5.41) is 10.1. The summed E-state index contributed by atoms with van der Waals surface area (Å²) in [4.78, 5) is 13.6. The number of carbonyl (C=O) groups excluding carboxylic acids is 1. The molecule has 1 fully saturated rings. The first-order chi connectivity index (χ1) is 8.33. The van der Waals surface area contributed by atoms with Crippen molar-refractivity contribution < 1.29 is 14.3 Å². The van der Waals surface area contributed by atoms with Crippen LogP contribution in [0.25, 0.3) is 0 Å². The number of nitrogens with zero attached hydrogens (tertiary/aromatic N) is 1. The molecule has 98 valence electrons. The topological polar surface area (TPSA) is 40.5 Å². The van der Waals surface area contributed by atoms with Crippen molar-refractivity contribution in [2.45, 2.75) is 19.4 Å². The molecule has 1 aromatic carbocycles. The minimum Gasteiger partial charge on any atom is -0.386 e. The van der Waals surface area contributed by atoms with Crippen molar-refractivity contribution in [1.82, 2.24) is 4.90 Å². The van der Waals surface area contributed by atoms with Crippen LogP contribution in [0.2, 0.25) is 0 Å². The molecule has 18 heavy (non-hydrogen) atoms. The van der Waals surface area contributed by atoms with E-state index in [1.54, 1.807) is 6.07 Å². The second kappa shape index (κ2) is 4.63. The van der Waals surface area contributed by atoms with Gasteiger partial charge in [-0.05, 0) is 40.0 Å². The van der Waals surface area contributed by atoms with Gasteiger partial charge in [-0.2, -0.15) is 0 Å². The molecule has 1 aliphatic heterocycles. The van der Waals surface area contributed by atoms with Gasteiger partial charge in [0.05, 0.1) is 17.6 Å². The Kier molecular flexibility index (Phi) is 3.47. The van der Waals surface area contributed by atoms with Gasteiger partial charge >= 0.3 is 0 Å². The smallest absolute Gasteiger partial charge is 0.254 e. The highest BCUT2D eigenvalue weighted by Gasteiger charge is 2.45. The lowest BCUT2D eigenvalue weighted by atomic mass is 9.82. The molecular formula is C13H15BrFNO2. The first-order valence-electron chi connectivity index (χ1n) is 5.80. The number of benzene rings is 1. The molecule has 0 radical (unpaired) electrons. The van der Waals surface area contributed by atoms with Crippen molar-refractivity contribution in [2.75, 3.05) is 13.1 Å². The average Bonchev–Trinajstić information content (AvgIpc) is 2.27. The number of rotatable bonds is 2. The summed E-state index contributed by atoms with van der Waals surface area (Å²) in [6, 6.07) is 4.29. The molecule has 1 aliphatic rings. The minimum atomic E-state index is -0.802. The molecule has 0 atom stereocenters. The lowest BCUT2D eigenvalue weighted by Gasteiger charge is -2.49. The maximum Gasteiger partial charge on any atom is 0.254 e. The normalized spacial score (nSPS) is 17.8. The summed E-state index contributed by atoms with van der Waals surface area (Å²) >= 11 is 3.04. The zero-order valence-electron chi connectivity index (χ0n) is 10.3. The zero-order chi connectivity index (χ0) is 13.5. The van der Waals surface area contributed by atoms with E-state index in [9.17, 15) is 14.3 Å². The van der Waals surface area contributed by atoms with Crippen molar-refractivity contribution in [3.05, 3.63) is 34.1 Å². The summed E-state index contributed by atoms with van der Waals surface area (Å²) in [5.41, 5.74) is -0.495. The molecule has 0 bridgehead atoms. The van der Waals surface area contributed by atoms with Crippen LogP contribution in [0, 0.1) is 11.7 Å². The van der Waals surface area contributed by atoms with Crippen LogP contribution >= 0.6 is 15.9 Å². The predicted octanol–water partition coefficient (Wildman–Crippen LogP) is 2.43. The van der Waals surface area contributed by atoms with Crippen molar-refractivity contribution in [3.63, 3.8) is 0 Å².